The number of hydrogen-bond donors (Lipinski definition) is 0. The van der Waals surface area contributed by atoms with Gasteiger partial charge in [0, 0.05) is 16.6 Å². The minimum atomic E-state index is -0.861. The largest absolute Gasteiger partial charge is 0.338 e. The predicted molar refractivity (Wildman–Crippen MR) is 91.0 cm³/mol. The third-order valence-electron chi connectivity index (χ3n) is 4.04. The summed E-state index contributed by atoms with van der Waals surface area (Å²) in [6.07, 6.45) is 0. The molecule has 130 valence electrons. The van der Waals surface area contributed by atoms with Gasteiger partial charge in [-0.2, -0.15) is 4.98 Å². The van der Waals surface area contributed by atoms with Crippen LogP contribution in [0.4, 0.5) is 8.78 Å². The summed E-state index contributed by atoms with van der Waals surface area (Å²) in [7, 11) is 1.85. The molecule has 2 aromatic carbocycles. The fourth-order valence-corrected chi connectivity index (χ4v) is 2.54. The maximum absolute atomic E-state index is 13.4. The summed E-state index contributed by atoms with van der Waals surface area (Å²) in [6, 6.07) is 10.9. The number of aromatic nitrogens is 2. The first-order chi connectivity index (χ1) is 11.9. The molecule has 0 N–H and O–H groups in total. The molecule has 1 atom stereocenters. The Morgan fingerprint density at radius 2 is 1.84 bits per heavy atom. The van der Waals surface area contributed by atoms with E-state index in [0.29, 0.717) is 28.8 Å². The summed E-state index contributed by atoms with van der Waals surface area (Å²) in [5.41, 5.74) is 1.47. The SMILES string of the molecule is CC(c1ccc(F)c(F)c1)N(C)Cc1nc(-c2ccc(Cl)cc2)no1. The molecule has 0 aliphatic rings. The molecular weight excluding hydrogens is 348 g/mol. The number of benzene rings is 2. The molecule has 1 heterocycles. The van der Waals surface area contributed by atoms with Crippen molar-refractivity contribution in [3.05, 3.63) is 70.6 Å². The first-order valence-electron chi connectivity index (χ1n) is 7.68. The Kier molecular flexibility index (Phi) is 5.11. The van der Waals surface area contributed by atoms with Crippen LogP contribution in [0.25, 0.3) is 11.4 Å². The maximum Gasteiger partial charge on any atom is 0.241 e. The van der Waals surface area contributed by atoms with Crippen molar-refractivity contribution in [2.24, 2.45) is 0 Å². The van der Waals surface area contributed by atoms with E-state index >= 15 is 0 Å². The summed E-state index contributed by atoms with van der Waals surface area (Å²) in [5, 5.41) is 4.59. The molecule has 1 unspecified atom stereocenters. The van der Waals surface area contributed by atoms with Gasteiger partial charge < -0.3 is 4.52 Å². The van der Waals surface area contributed by atoms with Gasteiger partial charge in [0.05, 0.1) is 6.54 Å². The number of rotatable bonds is 5. The third-order valence-corrected chi connectivity index (χ3v) is 4.29. The number of hydrogen-bond acceptors (Lipinski definition) is 4. The van der Waals surface area contributed by atoms with Gasteiger partial charge >= 0.3 is 0 Å². The highest BCUT2D eigenvalue weighted by Gasteiger charge is 2.17. The lowest BCUT2D eigenvalue weighted by Crippen LogP contribution is -2.22. The number of halogens is 3. The Balaban J connectivity index is 1.71. The van der Waals surface area contributed by atoms with Gasteiger partial charge in [-0.1, -0.05) is 22.8 Å². The first-order valence-corrected chi connectivity index (χ1v) is 8.05. The predicted octanol–water partition coefficient (Wildman–Crippen LogP) is 4.86. The molecule has 0 amide bonds. The summed E-state index contributed by atoms with van der Waals surface area (Å²) >= 11 is 5.87. The van der Waals surface area contributed by atoms with Crippen LogP contribution in [0, 0.1) is 11.6 Å². The van der Waals surface area contributed by atoms with E-state index in [1.54, 1.807) is 18.2 Å². The molecule has 1 aromatic heterocycles. The van der Waals surface area contributed by atoms with Crippen LogP contribution >= 0.6 is 11.6 Å². The third kappa shape index (κ3) is 4.03. The van der Waals surface area contributed by atoms with Crippen LogP contribution in [0.1, 0.15) is 24.4 Å². The molecule has 3 aromatic rings. The highest BCUT2D eigenvalue weighted by Crippen LogP contribution is 2.23. The molecule has 4 nitrogen and oxygen atoms in total. The molecule has 3 rings (SSSR count). The average Bonchev–Trinajstić information content (AvgIpc) is 3.05. The topological polar surface area (TPSA) is 42.2 Å². The van der Waals surface area contributed by atoms with Gasteiger partial charge in [-0.05, 0) is 55.9 Å². The molecule has 0 radical (unpaired) electrons. The lowest BCUT2D eigenvalue weighted by atomic mass is 10.1. The highest BCUT2D eigenvalue weighted by molar-refractivity contribution is 6.30. The van der Waals surface area contributed by atoms with E-state index in [4.69, 9.17) is 16.1 Å². The van der Waals surface area contributed by atoms with Crippen molar-refractivity contribution < 1.29 is 13.3 Å². The molecule has 0 fully saturated rings. The quantitative estimate of drug-likeness (QED) is 0.649. The molecule has 0 bridgehead atoms. The Morgan fingerprint density at radius 3 is 2.52 bits per heavy atom. The van der Waals surface area contributed by atoms with Gasteiger partial charge in [0.25, 0.3) is 0 Å². The Labute approximate surface area is 149 Å². The molecule has 0 saturated heterocycles. The molecule has 25 heavy (non-hydrogen) atoms. The van der Waals surface area contributed by atoms with Crippen molar-refractivity contribution in [2.75, 3.05) is 7.05 Å². The Morgan fingerprint density at radius 1 is 1.12 bits per heavy atom. The van der Waals surface area contributed by atoms with Gasteiger partial charge in [0.15, 0.2) is 11.6 Å². The molecule has 7 heteroatoms. The van der Waals surface area contributed by atoms with Gasteiger partial charge in [-0.25, -0.2) is 8.78 Å². The molecule has 0 spiro atoms. The average molecular weight is 364 g/mol. The maximum atomic E-state index is 13.4. The van der Waals surface area contributed by atoms with Gasteiger partial charge in [0.2, 0.25) is 11.7 Å². The molecule has 0 aliphatic heterocycles. The highest BCUT2D eigenvalue weighted by atomic mass is 35.5. The standard InChI is InChI=1S/C18H16ClF2N3O/c1-11(13-5-8-15(20)16(21)9-13)24(2)10-17-22-18(23-25-17)12-3-6-14(19)7-4-12/h3-9,11H,10H2,1-2H3. The number of nitrogens with zero attached hydrogens (tertiary/aromatic N) is 3. The minimum absolute atomic E-state index is 0.152. The fourth-order valence-electron chi connectivity index (χ4n) is 2.41. The zero-order chi connectivity index (χ0) is 18.0. The van der Waals surface area contributed by atoms with E-state index in [0.717, 1.165) is 11.6 Å². The van der Waals surface area contributed by atoms with E-state index in [-0.39, 0.29) is 6.04 Å². The van der Waals surface area contributed by atoms with Crippen molar-refractivity contribution in [2.45, 2.75) is 19.5 Å². The smallest absolute Gasteiger partial charge is 0.241 e. The summed E-state index contributed by atoms with van der Waals surface area (Å²) in [4.78, 5) is 6.27. The summed E-state index contributed by atoms with van der Waals surface area (Å²) < 4.78 is 31.8. The van der Waals surface area contributed by atoms with Crippen molar-refractivity contribution in [1.82, 2.24) is 15.0 Å². The van der Waals surface area contributed by atoms with Crippen LogP contribution in [0.3, 0.4) is 0 Å². The second kappa shape index (κ2) is 7.29. The lowest BCUT2D eigenvalue weighted by Gasteiger charge is -2.23. The van der Waals surface area contributed by atoms with Crippen LogP contribution in [0.15, 0.2) is 47.0 Å². The normalized spacial score (nSPS) is 12.6. The second-order valence-corrected chi connectivity index (χ2v) is 6.22. The van der Waals surface area contributed by atoms with Crippen LogP contribution in [0.2, 0.25) is 5.02 Å². The van der Waals surface area contributed by atoms with Gasteiger partial charge in [-0.15, -0.1) is 0 Å². The van der Waals surface area contributed by atoms with E-state index in [1.807, 2.05) is 31.0 Å². The Bertz CT molecular complexity index is 867. The van der Waals surface area contributed by atoms with Crippen molar-refractivity contribution in [3.63, 3.8) is 0 Å². The van der Waals surface area contributed by atoms with Gasteiger partial charge in [0.1, 0.15) is 0 Å². The van der Waals surface area contributed by atoms with E-state index in [1.165, 1.54) is 6.07 Å². The van der Waals surface area contributed by atoms with Crippen molar-refractivity contribution >= 4 is 11.6 Å². The van der Waals surface area contributed by atoms with Crippen molar-refractivity contribution in [3.8, 4) is 11.4 Å². The zero-order valence-corrected chi connectivity index (χ0v) is 14.5. The van der Waals surface area contributed by atoms with E-state index < -0.39 is 11.6 Å². The second-order valence-electron chi connectivity index (χ2n) is 5.78. The first kappa shape index (κ1) is 17.5. The molecule has 0 saturated carbocycles. The Hall–Kier alpha value is -2.31. The summed E-state index contributed by atoms with van der Waals surface area (Å²) in [5.74, 6) is -0.814. The minimum Gasteiger partial charge on any atom is -0.338 e. The monoisotopic (exact) mass is 363 g/mol. The van der Waals surface area contributed by atoms with Crippen LogP contribution < -0.4 is 0 Å². The molecular formula is C18H16ClF2N3O. The van der Waals surface area contributed by atoms with Crippen LogP contribution in [0.5, 0.6) is 0 Å². The van der Waals surface area contributed by atoms with E-state index in [9.17, 15) is 8.78 Å². The summed E-state index contributed by atoms with van der Waals surface area (Å²) in [6.45, 7) is 2.27. The van der Waals surface area contributed by atoms with Crippen LogP contribution in [-0.2, 0) is 6.54 Å². The van der Waals surface area contributed by atoms with E-state index in [2.05, 4.69) is 10.1 Å². The lowest BCUT2D eigenvalue weighted by molar-refractivity contribution is 0.216. The molecule has 0 aliphatic carbocycles. The fraction of sp³-hybridized carbons (Fsp3) is 0.222. The van der Waals surface area contributed by atoms with Crippen molar-refractivity contribution in [1.29, 1.82) is 0 Å². The zero-order valence-electron chi connectivity index (χ0n) is 13.7. The van der Waals surface area contributed by atoms with Crippen LogP contribution in [-0.4, -0.2) is 22.1 Å². The van der Waals surface area contributed by atoms with Gasteiger partial charge in [-0.3, -0.25) is 4.90 Å².